The van der Waals surface area contributed by atoms with Crippen molar-refractivity contribution in [1.29, 1.82) is 0 Å². The third kappa shape index (κ3) is 2.64. The minimum Gasteiger partial charge on any atom is -0.378 e. The molecule has 106 valence electrons. The number of imide groups is 1. The molecule has 3 amide bonds. The van der Waals surface area contributed by atoms with Gasteiger partial charge in [0.15, 0.2) is 0 Å². The van der Waals surface area contributed by atoms with Crippen LogP contribution in [0.3, 0.4) is 0 Å². The van der Waals surface area contributed by atoms with Crippen LogP contribution >= 0.6 is 0 Å². The Bertz CT molecular complexity index is 551. The molecule has 2 rings (SSSR count). The summed E-state index contributed by atoms with van der Waals surface area (Å²) in [6, 6.07) is 6.39. The molecule has 0 bridgehead atoms. The van der Waals surface area contributed by atoms with E-state index in [2.05, 4.69) is 5.32 Å². The standard InChI is InChI=1S/C14H17N3O3/c1-9-13(19)15-12(18)8-17(9)14(20)10-4-6-11(7-5-10)16(2)3/h4-7,9H,8H2,1-3H3,(H,15,18,19). The van der Waals surface area contributed by atoms with Crippen molar-refractivity contribution in [2.75, 3.05) is 25.5 Å². The summed E-state index contributed by atoms with van der Waals surface area (Å²) in [6.07, 6.45) is 0. The summed E-state index contributed by atoms with van der Waals surface area (Å²) in [7, 11) is 3.82. The molecule has 0 aromatic heterocycles. The second-order valence-corrected chi connectivity index (χ2v) is 4.96. The Kier molecular flexibility index (Phi) is 3.74. The summed E-state index contributed by atoms with van der Waals surface area (Å²) >= 11 is 0. The molecule has 20 heavy (non-hydrogen) atoms. The van der Waals surface area contributed by atoms with Crippen LogP contribution in [0.25, 0.3) is 0 Å². The van der Waals surface area contributed by atoms with E-state index in [0.717, 1.165) is 5.69 Å². The van der Waals surface area contributed by atoms with Gasteiger partial charge in [0.2, 0.25) is 11.8 Å². The molecule has 1 aromatic carbocycles. The zero-order valence-electron chi connectivity index (χ0n) is 11.7. The van der Waals surface area contributed by atoms with Gasteiger partial charge in [-0.3, -0.25) is 19.7 Å². The first-order chi connectivity index (χ1) is 9.40. The van der Waals surface area contributed by atoms with Crippen molar-refractivity contribution in [2.24, 2.45) is 0 Å². The van der Waals surface area contributed by atoms with Gasteiger partial charge in [-0.05, 0) is 31.2 Å². The number of rotatable bonds is 2. The van der Waals surface area contributed by atoms with Crippen molar-refractivity contribution < 1.29 is 14.4 Å². The third-order valence-corrected chi connectivity index (χ3v) is 3.32. The number of amides is 3. The average Bonchev–Trinajstić information content (AvgIpc) is 2.42. The third-order valence-electron chi connectivity index (χ3n) is 3.32. The molecule has 1 aromatic rings. The van der Waals surface area contributed by atoms with E-state index >= 15 is 0 Å². The van der Waals surface area contributed by atoms with Gasteiger partial charge in [-0.25, -0.2) is 0 Å². The first-order valence-corrected chi connectivity index (χ1v) is 6.32. The van der Waals surface area contributed by atoms with Crippen LogP contribution in [0.5, 0.6) is 0 Å². The Morgan fingerprint density at radius 2 is 1.85 bits per heavy atom. The van der Waals surface area contributed by atoms with E-state index in [4.69, 9.17) is 0 Å². The summed E-state index contributed by atoms with van der Waals surface area (Å²) in [5.41, 5.74) is 1.44. The van der Waals surface area contributed by atoms with Crippen LogP contribution in [-0.4, -0.2) is 49.3 Å². The number of anilines is 1. The maximum Gasteiger partial charge on any atom is 0.254 e. The molecule has 1 aliphatic rings. The smallest absolute Gasteiger partial charge is 0.254 e. The molecule has 0 radical (unpaired) electrons. The lowest BCUT2D eigenvalue weighted by Crippen LogP contribution is -2.58. The minimum absolute atomic E-state index is 0.0961. The van der Waals surface area contributed by atoms with E-state index in [-0.39, 0.29) is 12.5 Å². The van der Waals surface area contributed by atoms with Crippen LogP contribution in [0.15, 0.2) is 24.3 Å². The molecule has 1 unspecified atom stereocenters. The van der Waals surface area contributed by atoms with Gasteiger partial charge in [-0.2, -0.15) is 0 Å². The molecule has 0 aliphatic carbocycles. The molecule has 1 atom stereocenters. The molecule has 6 heteroatoms. The highest BCUT2D eigenvalue weighted by atomic mass is 16.2. The molecular weight excluding hydrogens is 258 g/mol. The highest BCUT2D eigenvalue weighted by Crippen LogP contribution is 2.16. The van der Waals surface area contributed by atoms with Gasteiger partial charge in [0.25, 0.3) is 5.91 Å². The zero-order valence-corrected chi connectivity index (χ0v) is 11.7. The molecule has 1 saturated heterocycles. The van der Waals surface area contributed by atoms with Crippen molar-refractivity contribution in [3.63, 3.8) is 0 Å². The molecule has 1 heterocycles. The predicted molar refractivity (Wildman–Crippen MR) is 74.4 cm³/mol. The van der Waals surface area contributed by atoms with E-state index in [0.29, 0.717) is 5.56 Å². The SMILES string of the molecule is CC1C(=O)NC(=O)CN1C(=O)c1ccc(N(C)C)cc1. The van der Waals surface area contributed by atoms with Crippen LogP contribution in [0.2, 0.25) is 0 Å². The number of piperazine rings is 1. The quantitative estimate of drug-likeness (QED) is 0.785. The molecule has 1 aliphatic heterocycles. The Morgan fingerprint density at radius 3 is 2.40 bits per heavy atom. The first kappa shape index (κ1) is 14.0. The number of nitrogens with one attached hydrogen (secondary N) is 1. The van der Waals surface area contributed by atoms with Gasteiger partial charge in [-0.1, -0.05) is 0 Å². The van der Waals surface area contributed by atoms with Crippen LogP contribution in [0, 0.1) is 0 Å². The summed E-state index contributed by atoms with van der Waals surface area (Å²) < 4.78 is 0. The molecule has 0 spiro atoms. The Labute approximate surface area is 117 Å². The van der Waals surface area contributed by atoms with Crippen molar-refractivity contribution in [3.05, 3.63) is 29.8 Å². The first-order valence-electron chi connectivity index (χ1n) is 6.32. The maximum atomic E-state index is 12.4. The normalized spacial score (nSPS) is 18.8. The van der Waals surface area contributed by atoms with Gasteiger partial charge >= 0.3 is 0 Å². The van der Waals surface area contributed by atoms with E-state index in [1.54, 1.807) is 19.1 Å². The fraction of sp³-hybridized carbons (Fsp3) is 0.357. The van der Waals surface area contributed by atoms with Crippen LogP contribution in [0.1, 0.15) is 17.3 Å². The summed E-state index contributed by atoms with van der Waals surface area (Å²) in [5.74, 6) is -1.21. The molecule has 0 saturated carbocycles. The maximum absolute atomic E-state index is 12.4. The number of nitrogens with zero attached hydrogens (tertiary/aromatic N) is 2. The molecule has 1 fully saturated rings. The van der Waals surface area contributed by atoms with Gasteiger partial charge in [0.05, 0.1) is 0 Å². The fourth-order valence-corrected chi connectivity index (χ4v) is 2.03. The number of benzene rings is 1. The van der Waals surface area contributed by atoms with Gasteiger partial charge in [-0.15, -0.1) is 0 Å². The van der Waals surface area contributed by atoms with E-state index < -0.39 is 17.9 Å². The zero-order chi connectivity index (χ0) is 14.9. The van der Waals surface area contributed by atoms with Crippen molar-refractivity contribution in [3.8, 4) is 0 Å². The highest BCUT2D eigenvalue weighted by Gasteiger charge is 2.33. The van der Waals surface area contributed by atoms with Crippen molar-refractivity contribution >= 4 is 23.4 Å². The van der Waals surface area contributed by atoms with Crippen molar-refractivity contribution in [1.82, 2.24) is 10.2 Å². The summed E-state index contributed by atoms with van der Waals surface area (Å²) in [5, 5.41) is 2.21. The lowest BCUT2D eigenvalue weighted by Gasteiger charge is -2.31. The number of hydrogen-bond donors (Lipinski definition) is 1. The highest BCUT2D eigenvalue weighted by molar-refractivity contribution is 6.07. The second-order valence-electron chi connectivity index (χ2n) is 4.96. The monoisotopic (exact) mass is 275 g/mol. The van der Waals surface area contributed by atoms with Crippen molar-refractivity contribution in [2.45, 2.75) is 13.0 Å². The Balaban J connectivity index is 2.21. The molecule has 1 N–H and O–H groups in total. The Morgan fingerprint density at radius 1 is 1.25 bits per heavy atom. The van der Waals surface area contributed by atoms with Gasteiger partial charge in [0.1, 0.15) is 12.6 Å². The van der Waals surface area contributed by atoms with Crippen LogP contribution < -0.4 is 10.2 Å². The molecule has 6 nitrogen and oxygen atoms in total. The van der Waals surface area contributed by atoms with Gasteiger partial charge in [0, 0.05) is 25.3 Å². The topological polar surface area (TPSA) is 69.7 Å². The fourth-order valence-electron chi connectivity index (χ4n) is 2.03. The van der Waals surface area contributed by atoms with Crippen LogP contribution in [-0.2, 0) is 9.59 Å². The molecular formula is C14H17N3O3. The number of carbonyl (C=O) groups excluding carboxylic acids is 3. The predicted octanol–water partition coefficient (Wildman–Crippen LogP) is 0.240. The Hall–Kier alpha value is -2.37. The van der Waals surface area contributed by atoms with E-state index in [9.17, 15) is 14.4 Å². The number of hydrogen-bond acceptors (Lipinski definition) is 4. The summed E-state index contributed by atoms with van der Waals surface area (Å²) in [6.45, 7) is 1.51. The van der Waals surface area contributed by atoms with Crippen LogP contribution in [0.4, 0.5) is 5.69 Å². The lowest BCUT2D eigenvalue weighted by atomic mass is 10.1. The lowest BCUT2D eigenvalue weighted by molar-refractivity contribution is -0.138. The minimum atomic E-state index is -0.645. The van der Waals surface area contributed by atoms with E-state index in [1.165, 1.54) is 4.90 Å². The average molecular weight is 275 g/mol. The number of carbonyl (C=O) groups is 3. The second kappa shape index (κ2) is 5.32. The van der Waals surface area contributed by atoms with Gasteiger partial charge < -0.3 is 9.80 Å². The summed E-state index contributed by atoms with van der Waals surface area (Å²) in [4.78, 5) is 38.5. The largest absolute Gasteiger partial charge is 0.378 e. The van der Waals surface area contributed by atoms with E-state index in [1.807, 2.05) is 31.1 Å².